The zero-order valence-electron chi connectivity index (χ0n) is 28.1. The largest absolute Gasteiger partial charge is 0.350 e. The molecular formula is C37H49N7O4. The van der Waals surface area contributed by atoms with Crippen LogP contribution in [0.25, 0.3) is 0 Å². The first-order chi connectivity index (χ1) is 23.3. The second-order valence-corrected chi connectivity index (χ2v) is 13.1. The number of anilines is 1. The van der Waals surface area contributed by atoms with Crippen LogP contribution in [-0.2, 0) is 34.4 Å². The number of nitrogens with zero attached hydrogens (tertiary/aromatic N) is 3. The van der Waals surface area contributed by atoms with Gasteiger partial charge in [0.1, 0.15) is 11.7 Å². The summed E-state index contributed by atoms with van der Waals surface area (Å²) in [6.07, 6.45) is 8.31. The minimum absolute atomic E-state index is 0.0818. The number of carbonyl (C=O) groups is 4. The van der Waals surface area contributed by atoms with Gasteiger partial charge in [-0.1, -0.05) is 68.7 Å². The van der Waals surface area contributed by atoms with Gasteiger partial charge in [-0.05, 0) is 54.5 Å². The predicted molar refractivity (Wildman–Crippen MR) is 185 cm³/mol. The van der Waals surface area contributed by atoms with Crippen molar-refractivity contribution in [1.82, 2.24) is 30.6 Å². The van der Waals surface area contributed by atoms with Crippen LogP contribution in [0.4, 0.5) is 5.69 Å². The molecule has 0 radical (unpaired) electrons. The van der Waals surface area contributed by atoms with E-state index < -0.39 is 6.04 Å². The smallest absolute Gasteiger partial charge is 0.269 e. The van der Waals surface area contributed by atoms with E-state index in [1.807, 2.05) is 47.4 Å². The van der Waals surface area contributed by atoms with E-state index in [-0.39, 0.29) is 48.1 Å². The molecule has 1 aliphatic carbocycles. The minimum atomic E-state index is -0.676. The fourth-order valence-corrected chi connectivity index (χ4v) is 6.80. The van der Waals surface area contributed by atoms with Gasteiger partial charge in [-0.15, -0.1) is 0 Å². The fraction of sp³-hybridized carbons (Fsp3) is 0.486. The monoisotopic (exact) mass is 655 g/mol. The Morgan fingerprint density at radius 3 is 2.35 bits per heavy atom. The normalized spacial score (nSPS) is 17.8. The molecule has 2 heterocycles. The van der Waals surface area contributed by atoms with Crippen LogP contribution in [0.1, 0.15) is 73.5 Å². The van der Waals surface area contributed by atoms with Crippen LogP contribution in [0, 0.1) is 11.8 Å². The molecule has 2 fully saturated rings. The number of aryl methyl sites for hydroxylation is 1. The summed E-state index contributed by atoms with van der Waals surface area (Å²) >= 11 is 0. The van der Waals surface area contributed by atoms with Crippen LogP contribution in [0.5, 0.6) is 0 Å². The Morgan fingerprint density at radius 1 is 0.917 bits per heavy atom. The van der Waals surface area contributed by atoms with Gasteiger partial charge in [0.25, 0.3) is 5.91 Å². The molecule has 1 saturated carbocycles. The average Bonchev–Trinajstić information content (AvgIpc) is 3.77. The van der Waals surface area contributed by atoms with E-state index in [2.05, 4.69) is 38.5 Å². The molecule has 3 atom stereocenters. The van der Waals surface area contributed by atoms with Crippen molar-refractivity contribution in [3.63, 3.8) is 0 Å². The minimum Gasteiger partial charge on any atom is -0.350 e. The van der Waals surface area contributed by atoms with E-state index >= 15 is 0 Å². The highest BCUT2D eigenvalue weighted by Gasteiger charge is 2.32. The third kappa shape index (κ3) is 9.53. The van der Waals surface area contributed by atoms with E-state index in [9.17, 15) is 19.2 Å². The Hall–Kier alpha value is -4.51. The van der Waals surface area contributed by atoms with Crippen LogP contribution in [0.3, 0.4) is 0 Å². The molecule has 48 heavy (non-hydrogen) atoms. The second-order valence-electron chi connectivity index (χ2n) is 13.1. The lowest BCUT2D eigenvalue weighted by atomic mass is 9.79. The molecule has 256 valence electrons. The fourth-order valence-electron chi connectivity index (χ4n) is 6.80. The molecule has 4 N–H and O–H groups in total. The van der Waals surface area contributed by atoms with Gasteiger partial charge in [-0.2, -0.15) is 5.10 Å². The Labute approximate surface area is 283 Å². The topological polar surface area (TPSA) is 137 Å². The van der Waals surface area contributed by atoms with Crippen LogP contribution >= 0.6 is 0 Å². The zero-order chi connectivity index (χ0) is 33.9. The highest BCUT2D eigenvalue weighted by molar-refractivity contribution is 5.95. The highest BCUT2D eigenvalue weighted by atomic mass is 16.2. The number of nitrogens with one attached hydrogen (secondary N) is 4. The molecule has 2 aromatic carbocycles. The van der Waals surface area contributed by atoms with Gasteiger partial charge in [0.05, 0.1) is 5.92 Å². The number of likely N-dealkylation sites (tertiary alicyclic amines) is 1. The maximum atomic E-state index is 13.7. The van der Waals surface area contributed by atoms with Crippen LogP contribution in [0.2, 0.25) is 0 Å². The molecule has 2 aliphatic rings. The summed E-state index contributed by atoms with van der Waals surface area (Å²) in [5, 5.41) is 16.6. The van der Waals surface area contributed by atoms with Crippen molar-refractivity contribution >= 4 is 29.3 Å². The SMILES string of the molecule is CCC(=O)N[C@H](Cc1ccc(NC(=O)[C@@H](CNC(=O)c2ccnn2C)C2CCCCC2)cc1)C(=O)N1CC[C@@H](NCc2ccccc2)C1. The first-order valence-corrected chi connectivity index (χ1v) is 17.3. The lowest BCUT2D eigenvalue weighted by Crippen LogP contribution is -2.49. The van der Waals surface area contributed by atoms with Crippen molar-refractivity contribution in [3.05, 3.63) is 83.7 Å². The van der Waals surface area contributed by atoms with E-state index in [4.69, 9.17) is 0 Å². The van der Waals surface area contributed by atoms with Crippen molar-refractivity contribution < 1.29 is 19.2 Å². The van der Waals surface area contributed by atoms with Crippen LogP contribution in [-0.4, -0.2) is 70.0 Å². The Morgan fingerprint density at radius 2 is 1.67 bits per heavy atom. The van der Waals surface area contributed by atoms with E-state index in [0.29, 0.717) is 37.3 Å². The van der Waals surface area contributed by atoms with Crippen molar-refractivity contribution in [2.45, 2.75) is 76.9 Å². The second kappa shape index (κ2) is 17.1. The maximum absolute atomic E-state index is 13.7. The summed E-state index contributed by atoms with van der Waals surface area (Å²) in [4.78, 5) is 54.3. The molecular weight excluding hydrogens is 606 g/mol. The standard InChI is InChI=1S/C37H49N7O4/c1-3-34(45)42-32(37(48)44-21-19-30(25-44)38-23-27-10-6-4-7-11-27)22-26-14-16-29(17-15-26)41-35(46)31(28-12-8-5-9-13-28)24-39-36(47)33-18-20-40-43(33)2/h4,6-7,10-11,14-18,20,28,30-32,38H,3,5,8-9,12-13,19,21-25H2,1-2H3,(H,39,47)(H,41,46)(H,42,45)/t30-,31+,32-/m1/s1. The third-order valence-corrected chi connectivity index (χ3v) is 9.65. The average molecular weight is 656 g/mol. The van der Waals surface area contributed by atoms with Crippen molar-refractivity contribution in [3.8, 4) is 0 Å². The first kappa shape index (κ1) is 34.8. The summed E-state index contributed by atoms with van der Waals surface area (Å²) in [7, 11) is 1.72. The number of aromatic nitrogens is 2. The zero-order valence-corrected chi connectivity index (χ0v) is 28.1. The highest BCUT2D eigenvalue weighted by Crippen LogP contribution is 2.31. The van der Waals surface area contributed by atoms with Crippen molar-refractivity contribution in [2.24, 2.45) is 18.9 Å². The summed E-state index contributed by atoms with van der Waals surface area (Å²) in [6.45, 7) is 4.00. The molecule has 0 spiro atoms. The Balaban J connectivity index is 1.18. The molecule has 1 aliphatic heterocycles. The Bertz CT molecular complexity index is 1520. The molecule has 11 heteroatoms. The maximum Gasteiger partial charge on any atom is 0.269 e. The number of hydrogen-bond acceptors (Lipinski definition) is 6. The van der Waals surface area contributed by atoms with Crippen molar-refractivity contribution in [1.29, 1.82) is 0 Å². The predicted octanol–water partition coefficient (Wildman–Crippen LogP) is 3.81. The molecule has 11 nitrogen and oxygen atoms in total. The summed E-state index contributed by atoms with van der Waals surface area (Å²) in [5.74, 6) is -0.786. The number of rotatable bonds is 14. The molecule has 1 aromatic heterocycles. The van der Waals surface area contributed by atoms with Gasteiger partial charge < -0.3 is 26.2 Å². The molecule has 1 saturated heterocycles. The van der Waals surface area contributed by atoms with E-state index in [1.54, 1.807) is 26.2 Å². The molecule has 0 unspecified atom stereocenters. The van der Waals surface area contributed by atoms with Gasteiger partial charge in [0.15, 0.2) is 0 Å². The number of benzene rings is 2. The van der Waals surface area contributed by atoms with Gasteiger partial charge in [-0.25, -0.2) is 0 Å². The van der Waals surface area contributed by atoms with E-state index in [1.165, 1.54) is 16.7 Å². The molecule has 3 aromatic rings. The lowest BCUT2D eigenvalue weighted by Gasteiger charge is -2.29. The number of amides is 4. The number of hydrogen-bond donors (Lipinski definition) is 4. The van der Waals surface area contributed by atoms with Gasteiger partial charge in [0.2, 0.25) is 17.7 Å². The molecule has 4 amide bonds. The summed E-state index contributed by atoms with van der Waals surface area (Å²) in [5.41, 5.74) is 3.18. The Kier molecular flexibility index (Phi) is 12.4. The number of carbonyl (C=O) groups excluding carboxylic acids is 4. The summed E-state index contributed by atoms with van der Waals surface area (Å²) < 4.78 is 1.52. The summed E-state index contributed by atoms with van der Waals surface area (Å²) in [6, 6.07) is 18.8. The van der Waals surface area contributed by atoms with Gasteiger partial charge in [0, 0.05) is 64.0 Å². The lowest BCUT2D eigenvalue weighted by molar-refractivity contribution is -0.135. The third-order valence-electron chi connectivity index (χ3n) is 9.65. The van der Waals surface area contributed by atoms with Gasteiger partial charge in [-0.3, -0.25) is 23.9 Å². The van der Waals surface area contributed by atoms with E-state index in [0.717, 1.165) is 44.2 Å². The van der Waals surface area contributed by atoms with Gasteiger partial charge >= 0.3 is 0 Å². The first-order valence-electron chi connectivity index (χ1n) is 17.3. The van der Waals surface area contributed by atoms with Crippen molar-refractivity contribution in [2.75, 3.05) is 25.0 Å². The van der Waals surface area contributed by atoms with Crippen LogP contribution in [0.15, 0.2) is 66.9 Å². The quantitative estimate of drug-likeness (QED) is 0.209. The van der Waals surface area contributed by atoms with Crippen LogP contribution < -0.4 is 21.3 Å². The molecule has 0 bridgehead atoms. The molecule has 5 rings (SSSR count).